The lowest BCUT2D eigenvalue weighted by Gasteiger charge is -2.27. The van der Waals surface area contributed by atoms with E-state index in [1.165, 1.54) is 12.1 Å². The van der Waals surface area contributed by atoms with Gasteiger partial charge in [0.25, 0.3) is 0 Å². The van der Waals surface area contributed by atoms with Crippen LogP contribution in [0.3, 0.4) is 0 Å². The summed E-state index contributed by atoms with van der Waals surface area (Å²) in [4.78, 5) is 0. The Balaban J connectivity index is 2.01. The molecular weight excluding hydrogens is 313 g/mol. The van der Waals surface area contributed by atoms with Gasteiger partial charge in [-0.15, -0.1) is 0 Å². The maximum absolute atomic E-state index is 13.1. The summed E-state index contributed by atoms with van der Waals surface area (Å²) >= 11 is 0. The fourth-order valence-electron chi connectivity index (χ4n) is 3.44. The zero-order chi connectivity index (χ0) is 16.9. The molecule has 0 fully saturated rings. The summed E-state index contributed by atoms with van der Waals surface area (Å²) in [5.74, 6) is 0. The van der Waals surface area contributed by atoms with Crippen molar-refractivity contribution in [2.24, 2.45) is 0 Å². The van der Waals surface area contributed by atoms with Gasteiger partial charge >= 0.3 is 6.18 Å². The van der Waals surface area contributed by atoms with Crippen molar-refractivity contribution in [3.63, 3.8) is 0 Å². The molecule has 0 saturated carbocycles. The van der Waals surface area contributed by atoms with Gasteiger partial charge in [0.05, 0.1) is 5.56 Å². The first-order chi connectivity index (χ1) is 11.4. The first-order valence-electron chi connectivity index (χ1n) is 7.52. The standard InChI is InChI=1S/C20H13F3O/c21-20(22,23)14-7-5-6-13(12-14)19(24)17-10-3-1-8-15(17)16-9-2-4-11-18(16)19/h1-12,24H. The highest BCUT2D eigenvalue weighted by molar-refractivity contribution is 5.82. The van der Waals surface area contributed by atoms with Crippen molar-refractivity contribution in [2.45, 2.75) is 11.8 Å². The predicted molar refractivity (Wildman–Crippen MR) is 85.4 cm³/mol. The van der Waals surface area contributed by atoms with Gasteiger partial charge in [-0.2, -0.15) is 13.2 Å². The average molecular weight is 326 g/mol. The van der Waals surface area contributed by atoms with Crippen molar-refractivity contribution in [3.8, 4) is 11.1 Å². The molecule has 0 aliphatic heterocycles. The van der Waals surface area contributed by atoms with Crippen LogP contribution in [0.25, 0.3) is 11.1 Å². The van der Waals surface area contributed by atoms with E-state index in [1.807, 2.05) is 24.3 Å². The molecule has 0 radical (unpaired) electrons. The van der Waals surface area contributed by atoms with Crippen molar-refractivity contribution >= 4 is 0 Å². The molecule has 24 heavy (non-hydrogen) atoms. The molecule has 1 aliphatic rings. The smallest absolute Gasteiger partial charge is 0.376 e. The molecule has 0 bridgehead atoms. The van der Waals surface area contributed by atoms with E-state index in [1.54, 1.807) is 24.3 Å². The van der Waals surface area contributed by atoms with Crippen LogP contribution in [0.2, 0.25) is 0 Å². The molecule has 3 aromatic carbocycles. The molecular formula is C20H13F3O. The van der Waals surface area contributed by atoms with Crippen molar-refractivity contribution in [2.75, 3.05) is 0 Å². The Labute approximate surface area is 137 Å². The highest BCUT2D eigenvalue weighted by Gasteiger charge is 2.43. The summed E-state index contributed by atoms with van der Waals surface area (Å²) in [5.41, 5.74) is 0.746. The SMILES string of the molecule is OC1(c2cccc(C(F)(F)F)c2)c2ccccc2-c2ccccc21. The molecule has 0 unspecified atom stereocenters. The minimum atomic E-state index is -4.45. The van der Waals surface area contributed by atoms with Crippen LogP contribution in [0, 0.1) is 0 Å². The second-order valence-corrected chi connectivity index (χ2v) is 5.88. The Morgan fingerprint density at radius 3 is 1.79 bits per heavy atom. The van der Waals surface area contributed by atoms with Gasteiger partial charge in [0.1, 0.15) is 5.60 Å². The Morgan fingerprint density at radius 1 is 0.708 bits per heavy atom. The fraction of sp³-hybridized carbons (Fsp3) is 0.100. The molecule has 1 nitrogen and oxygen atoms in total. The Morgan fingerprint density at radius 2 is 1.25 bits per heavy atom. The topological polar surface area (TPSA) is 20.2 Å². The van der Waals surface area contributed by atoms with Gasteiger partial charge in [-0.3, -0.25) is 0 Å². The summed E-state index contributed by atoms with van der Waals surface area (Å²) in [6.45, 7) is 0. The molecule has 0 amide bonds. The number of aliphatic hydroxyl groups is 1. The summed E-state index contributed by atoms with van der Waals surface area (Å²) in [7, 11) is 0. The molecule has 4 rings (SSSR count). The molecule has 0 atom stereocenters. The minimum absolute atomic E-state index is 0.217. The first kappa shape index (κ1) is 15.0. The maximum Gasteiger partial charge on any atom is 0.416 e. The predicted octanol–water partition coefficient (Wildman–Crippen LogP) is 4.97. The largest absolute Gasteiger partial charge is 0.416 e. The van der Waals surface area contributed by atoms with Crippen molar-refractivity contribution < 1.29 is 18.3 Å². The highest BCUT2D eigenvalue weighted by Crippen LogP contribution is 2.51. The Kier molecular flexibility index (Phi) is 3.09. The van der Waals surface area contributed by atoms with Crippen molar-refractivity contribution in [1.82, 2.24) is 0 Å². The fourth-order valence-corrected chi connectivity index (χ4v) is 3.44. The lowest BCUT2D eigenvalue weighted by molar-refractivity contribution is -0.137. The van der Waals surface area contributed by atoms with E-state index in [0.717, 1.165) is 23.3 Å². The molecule has 120 valence electrons. The highest BCUT2D eigenvalue weighted by atomic mass is 19.4. The van der Waals surface area contributed by atoms with Crippen LogP contribution < -0.4 is 0 Å². The summed E-state index contributed by atoms with van der Waals surface area (Å²) in [6, 6.07) is 19.4. The van der Waals surface area contributed by atoms with Crippen LogP contribution in [0.15, 0.2) is 72.8 Å². The van der Waals surface area contributed by atoms with Crippen LogP contribution in [0.1, 0.15) is 22.3 Å². The molecule has 1 N–H and O–H groups in total. The van der Waals surface area contributed by atoms with Gasteiger partial charge in [-0.25, -0.2) is 0 Å². The number of fused-ring (bicyclic) bond motifs is 3. The molecule has 1 aliphatic carbocycles. The zero-order valence-electron chi connectivity index (χ0n) is 12.5. The Bertz CT molecular complexity index is 882. The minimum Gasteiger partial charge on any atom is -0.376 e. The van der Waals surface area contributed by atoms with Crippen LogP contribution in [-0.4, -0.2) is 5.11 Å². The number of halogens is 3. The van der Waals surface area contributed by atoms with Crippen LogP contribution in [0.4, 0.5) is 13.2 Å². The van der Waals surface area contributed by atoms with Gasteiger partial charge in [-0.1, -0.05) is 60.7 Å². The lowest BCUT2D eigenvalue weighted by atomic mass is 9.83. The second-order valence-electron chi connectivity index (χ2n) is 5.88. The average Bonchev–Trinajstić information content (AvgIpc) is 2.86. The van der Waals surface area contributed by atoms with E-state index >= 15 is 0 Å². The van der Waals surface area contributed by atoms with E-state index in [-0.39, 0.29) is 5.56 Å². The zero-order valence-corrected chi connectivity index (χ0v) is 12.5. The van der Waals surface area contributed by atoms with Crippen LogP contribution in [0.5, 0.6) is 0 Å². The van der Waals surface area contributed by atoms with E-state index in [2.05, 4.69) is 0 Å². The summed E-state index contributed by atoms with van der Waals surface area (Å²) in [6.07, 6.45) is -4.45. The van der Waals surface area contributed by atoms with E-state index in [0.29, 0.717) is 11.1 Å². The van der Waals surface area contributed by atoms with E-state index in [4.69, 9.17) is 0 Å². The second kappa shape index (κ2) is 4.95. The third-order valence-electron chi connectivity index (χ3n) is 4.53. The molecule has 4 heteroatoms. The lowest BCUT2D eigenvalue weighted by Crippen LogP contribution is -2.26. The van der Waals surface area contributed by atoms with Crippen LogP contribution >= 0.6 is 0 Å². The van der Waals surface area contributed by atoms with E-state index < -0.39 is 17.3 Å². The number of rotatable bonds is 1. The number of benzene rings is 3. The quantitative estimate of drug-likeness (QED) is 0.669. The molecule has 0 aromatic heterocycles. The molecule has 0 saturated heterocycles. The van der Waals surface area contributed by atoms with Crippen LogP contribution in [-0.2, 0) is 11.8 Å². The third kappa shape index (κ3) is 2.00. The van der Waals surface area contributed by atoms with Gasteiger partial charge in [0.15, 0.2) is 0 Å². The number of hydrogen-bond donors (Lipinski definition) is 1. The normalized spacial score (nSPS) is 15.0. The van der Waals surface area contributed by atoms with Crippen molar-refractivity contribution in [3.05, 3.63) is 95.1 Å². The van der Waals surface area contributed by atoms with E-state index in [9.17, 15) is 18.3 Å². The van der Waals surface area contributed by atoms with Gasteiger partial charge < -0.3 is 5.11 Å². The molecule has 0 spiro atoms. The summed E-state index contributed by atoms with van der Waals surface area (Å²) < 4.78 is 39.3. The third-order valence-corrected chi connectivity index (χ3v) is 4.53. The molecule has 3 aromatic rings. The van der Waals surface area contributed by atoms with Gasteiger partial charge in [0, 0.05) is 11.1 Å². The Hall–Kier alpha value is -2.59. The number of hydrogen-bond acceptors (Lipinski definition) is 1. The first-order valence-corrected chi connectivity index (χ1v) is 7.52. The molecule has 0 heterocycles. The van der Waals surface area contributed by atoms with Gasteiger partial charge in [-0.05, 0) is 28.8 Å². The van der Waals surface area contributed by atoms with Gasteiger partial charge in [0.2, 0.25) is 0 Å². The maximum atomic E-state index is 13.1. The number of alkyl halides is 3. The summed E-state index contributed by atoms with van der Waals surface area (Å²) in [5, 5.41) is 11.5. The van der Waals surface area contributed by atoms with Crippen molar-refractivity contribution in [1.29, 1.82) is 0 Å². The monoisotopic (exact) mass is 326 g/mol.